The molecular weight excluding hydrogens is 244 g/mol. The number of nitrogens with one attached hydrogen (secondary N) is 1. The minimum Gasteiger partial charge on any atom is -0.387 e. The van der Waals surface area contributed by atoms with E-state index in [1.807, 2.05) is 6.07 Å². The number of nitriles is 1. The summed E-state index contributed by atoms with van der Waals surface area (Å²) in [6.45, 7) is 1.68. The molecule has 1 aromatic rings. The first-order valence-corrected chi connectivity index (χ1v) is 6.32. The number of aliphatic hydroxyl groups excluding tert-OH is 1. The van der Waals surface area contributed by atoms with Gasteiger partial charge in [0.15, 0.2) is 0 Å². The minimum atomic E-state index is -0.815. The van der Waals surface area contributed by atoms with Gasteiger partial charge in [0.1, 0.15) is 5.60 Å². The van der Waals surface area contributed by atoms with Crippen molar-refractivity contribution in [1.29, 1.82) is 5.26 Å². The molecule has 102 valence electrons. The van der Waals surface area contributed by atoms with Crippen molar-refractivity contribution in [1.82, 2.24) is 5.32 Å². The lowest BCUT2D eigenvalue weighted by atomic mass is 10.0. The molecule has 0 amide bonds. The Balaban J connectivity index is 1.80. The summed E-state index contributed by atoms with van der Waals surface area (Å²) in [6.07, 6.45) is -0.0360. The summed E-state index contributed by atoms with van der Waals surface area (Å²) >= 11 is 0. The van der Waals surface area contributed by atoms with Crippen molar-refractivity contribution in [2.24, 2.45) is 0 Å². The zero-order chi connectivity index (χ0) is 13.7. The lowest BCUT2D eigenvalue weighted by molar-refractivity contribution is 0.0244. The zero-order valence-corrected chi connectivity index (χ0v) is 10.7. The second-order valence-corrected chi connectivity index (χ2v) is 4.91. The largest absolute Gasteiger partial charge is 0.387 e. The topological polar surface area (TPSA) is 85.5 Å². The Kier molecular flexibility index (Phi) is 4.51. The molecule has 2 atom stereocenters. The molecule has 0 bridgehead atoms. The monoisotopic (exact) mass is 262 g/mol. The first-order chi connectivity index (χ1) is 9.13. The van der Waals surface area contributed by atoms with E-state index in [0.29, 0.717) is 38.3 Å². The van der Waals surface area contributed by atoms with Gasteiger partial charge in [-0.3, -0.25) is 0 Å². The highest BCUT2D eigenvalue weighted by molar-refractivity contribution is 5.32. The summed E-state index contributed by atoms with van der Waals surface area (Å²) in [5, 5.41) is 31.8. The Morgan fingerprint density at radius 2 is 2.16 bits per heavy atom. The standard InChI is InChI=1S/C14H18N2O3/c15-7-11-1-3-12(4-2-11)13(17)8-16-9-14(18)5-6-19-10-14/h1-4,13,16-18H,5-6,8-10H2. The number of hydrogen-bond donors (Lipinski definition) is 3. The van der Waals surface area contributed by atoms with E-state index >= 15 is 0 Å². The third-order valence-corrected chi connectivity index (χ3v) is 3.30. The number of rotatable bonds is 5. The maximum absolute atomic E-state index is 10.0. The first-order valence-electron chi connectivity index (χ1n) is 6.32. The maximum atomic E-state index is 10.0. The molecule has 5 nitrogen and oxygen atoms in total. The molecule has 5 heteroatoms. The Bertz CT molecular complexity index is 447. The van der Waals surface area contributed by atoms with Crippen molar-refractivity contribution < 1.29 is 14.9 Å². The highest BCUT2D eigenvalue weighted by atomic mass is 16.5. The Morgan fingerprint density at radius 1 is 1.42 bits per heavy atom. The van der Waals surface area contributed by atoms with Gasteiger partial charge in [-0.2, -0.15) is 5.26 Å². The highest BCUT2D eigenvalue weighted by Gasteiger charge is 2.31. The zero-order valence-electron chi connectivity index (χ0n) is 10.7. The quantitative estimate of drug-likeness (QED) is 0.712. The van der Waals surface area contributed by atoms with E-state index in [9.17, 15) is 10.2 Å². The van der Waals surface area contributed by atoms with Crippen molar-refractivity contribution in [3.63, 3.8) is 0 Å². The van der Waals surface area contributed by atoms with E-state index in [4.69, 9.17) is 10.00 Å². The van der Waals surface area contributed by atoms with Gasteiger partial charge in [-0.1, -0.05) is 12.1 Å². The molecule has 1 fully saturated rings. The summed E-state index contributed by atoms with van der Waals surface area (Å²) in [6, 6.07) is 8.86. The number of nitrogens with zero attached hydrogens (tertiary/aromatic N) is 1. The molecule has 1 saturated heterocycles. The van der Waals surface area contributed by atoms with Crippen LogP contribution in [-0.4, -0.2) is 42.1 Å². The third-order valence-electron chi connectivity index (χ3n) is 3.30. The van der Waals surface area contributed by atoms with Crippen molar-refractivity contribution in [3.05, 3.63) is 35.4 Å². The average molecular weight is 262 g/mol. The Labute approximate surface area is 112 Å². The van der Waals surface area contributed by atoms with Gasteiger partial charge in [0, 0.05) is 26.1 Å². The molecule has 2 rings (SSSR count). The van der Waals surface area contributed by atoms with Crippen molar-refractivity contribution in [2.75, 3.05) is 26.3 Å². The summed E-state index contributed by atoms with van der Waals surface area (Å²) in [4.78, 5) is 0. The second kappa shape index (κ2) is 6.13. The van der Waals surface area contributed by atoms with E-state index in [1.54, 1.807) is 24.3 Å². The van der Waals surface area contributed by atoms with Crippen molar-refractivity contribution in [2.45, 2.75) is 18.1 Å². The number of aliphatic hydroxyl groups is 2. The van der Waals surface area contributed by atoms with Crippen LogP contribution in [0.2, 0.25) is 0 Å². The van der Waals surface area contributed by atoms with Crippen LogP contribution >= 0.6 is 0 Å². The third kappa shape index (κ3) is 3.75. The summed E-state index contributed by atoms with van der Waals surface area (Å²) < 4.78 is 5.14. The van der Waals surface area contributed by atoms with Crippen LogP contribution in [0.15, 0.2) is 24.3 Å². The van der Waals surface area contributed by atoms with Gasteiger partial charge in [-0.15, -0.1) is 0 Å². The minimum absolute atomic E-state index is 0.340. The van der Waals surface area contributed by atoms with Gasteiger partial charge < -0.3 is 20.3 Å². The molecule has 0 radical (unpaired) electrons. The predicted octanol–water partition coefficient (Wildman–Crippen LogP) is 0.333. The Hall–Kier alpha value is -1.45. The molecule has 0 saturated carbocycles. The molecule has 19 heavy (non-hydrogen) atoms. The average Bonchev–Trinajstić information content (AvgIpc) is 2.86. The Morgan fingerprint density at radius 3 is 2.74 bits per heavy atom. The fourth-order valence-corrected chi connectivity index (χ4v) is 2.08. The van der Waals surface area contributed by atoms with Crippen LogP contribution in [0.5, 0.6) is 0 Å². The number of hydrogen-bond acceptors (Lipinski definition) is 5. The van der Waals surface area contributed by atoms with Gasteiger partial charge >= 0.3 is 0 Å². The molecular formula is C14H18N2O3. The molecule has 1 heterocycles. The molecule has 1 aliphatic rings. The summed E-state index contributed by atoms with van der Waals surface area (Å²) in [7, 11) is 0. The lowest BCUT2D eigenvalue weighted by Gasteiger charge is -2.22. The number of ether oxygens (including phenoxy) is 1. The summed E-state index contributed by atoms with van der Waals surface area (Å²) in [5.41, 5.74) is 0.507. The molecule has 2 unspecified atom stereocenters. The highest BCUT2D eigenvalue weighted by Crippen LogP contribution is 2.18. The van der Waals surface area contributed by atoms with Crippen LogP contribution in [-0.2, 0) is 4.74 Å². The van der Waals surface area contributed by atoms with Gasteiger partial charge in [0.25, 0.3) is 0 Å². The van der Waals surface area contributed by atoms with Crippen molar-refractivity contribution in [3.8, 4) is 6.07 Å². The number of benzene rings is 1. The molecule has 0 aliphatic carbocycles. The normalized spacial score (nSPS) is 24.1. The van der Waals surface area contributed by atoms with Crippen molar-refractivity contribution >= 4 is 0 Å². The lowest BCUT2D eigenvalue weighted by Crippen LogP contribution is -2.42. The fourth-order valence-electron chi connectivity index (χ4n) is 2.08. The van der Waals surface area contributed by atoms with Crippen LogP contribution in [0.25, 0.3) is 0 Å². The van der Waals surface area contributed by atoms with Crippen LogP contribution in [0.4, 0.5) is 0 Å². The van der Waals surface area contributed by atoms with Gasteiger partial charge in [-0.05, 0) is 17.7 Å². The molecule has 3 N–H and O–H groups in total. The SMILES string of the molecule is N#Cc1ccc(C(O)CNCC2(O)CCOC2)cc1. The van der Waals surface area contributed by atoms with E-state index in [-0.39, 0.29) is 0 Å². The van der Waals surface area contributed by atoms with Crippen LogP contribution < -0.4 is 5.32 Å². The fraction of sp³-hybridized carbons (Fsp3) is 0.500. The van der Waals surface area contributed by atoms with E-state index < -0.39 is 11.7 Å². The first kappa shape index (κ1) is 14.0. The molecule has 0 aromatic heterocycles. The van der Waals surface area contributed by atoms with E-state index in [1.165, 1.54) is 0 Å². The van der Waals surface area contributed by atoms with Crippen LogP contribution in [0.1, 0.15) is 23.7 Å². The molecule has 1 aromatic carbocycles. The van der Waals surface area contributed by atoms with Crippen LogP contribution in [0, 0.1) is 11.3 Å². The van der Waals surface area contributed by atoms with E-state index in [0.717, 1.165) is 5.56 Å². The van der Waals surface area contributed by atoms with E-state index in [2.05, 4.69) is 5.32 Å². The van der Waals surface area contributed by atoms with Gasteiger partial charge in [0.05, 0.1) is 24.3 Å². The van der Waals surface area contributed by atoms with Gasteiger partial charge in [-0.25, -0.2) is 0 Å². The summed E-state index contributed by atoms with van der Waals surface area (Å²) in [5.74, 6) is 0. The molecule has 1 aliphatic heterocycles. The smallest absolute Gasteiger partial charge is 0.102 e. The van der Waals surface area contributed by atoms with Crippen LogP contribution in [0.3, 0.4) is 0 Å². The maximum Gasteiger partial charge on any atom is 0.102 e. The predicted molar refractivity (Wildman–Crippen MR) is 69.4 cm³/mol. The second-order valence-electron chi connectivity index (χ2n) is 4.91. The van der Waals surface area contributed by atoms with Gasteiger partial charge in [0.2, 0.25) is 0 Å². The molecule has 0 spiro atoms.